The average molecular weight is 349 g/mol. The molecule has 1 aliphatic rings. The maximum absolute atomic E-state index is 12.3. The second-order valence-corrected chi connectivity index (χ2v) is 7.24. The summed E-state index contributed by atoms with van der Waals surface area (Å²) in [4.78, 5) is 20.7. The summed E-state index contributed by atoms with van der Waals surface area (Å²) in [5.41, 5.74) is 0.408. The van der Waals surface area contributed by atoms with Crippen molar-refractivity contribution < 1.29 is 9.90 Å². The van der Waals surface area contributed by atoms with Gasteiger partial charge in [0.05, 0.1) is 0 Å². The van der Waals surface area contributed by atoms with Crippen molar-refractivity contribution >= 4 is 39.2 Å². The standard InChI is InChI=1S/C14H15N5O2S2/c1-7(2)12-18-19-14(23-12)17-11(21)8-6-22-13(16-8)10-9(20)4-3-5-15-10/h3-5,7-8,20H,6H2,1-2H3,(H,17,19,21)/t8-/m0/s1. The molecule has 0 radical (unpaired) electrons. The lowest BCUT2D eigenvalue weighted by molar-refractivity contribution is -0.116. The second-order valence-electron chi connectivity index (χ2n) is 5.22. The Hall–Kier alpha value is -2.00. The predicted molar refractivity (Wildman–Crippen MR) is 91.3 cm³/mol. The summed E-state index contributed by atoms with van der Waals surface area (Å²) >= 11 is 2.77. The van der Waals surface area contributed by atoms with Crippen molar-refractivity contribution in [3.8, 4) is 5.75 Å². The molecule has 23 heavy (non-hydrogen) atoms. The number of rotatable bonds is 4. The van der Waals surface area contributed by atoms with Crippen LogP contribution in [0.4, 0.5) is 5.13 Å². The number of aromatic hydroxyl groups is 1. The SMILES string of the molecule is CC(C)c1nnc(NC(=O)[C@@H]2CSC(c3ncccc3O)=N2)s1. The molecule has 7 nitrogen and oxygen atoms in total. The van der Waals surface area contributed by atoms with Crippen molar-refractivity contribution in [3.63, 3.8) is 0 Å². The van der Waals surface area contributed by atoms with Crippen LogP contribution >= 0.6 is 23.1 Å². The van der Waals surface area contributed by atoms with E-state index in [1.807, 2.05) is 13.8 Å². The van der Waals surface area contributed by atoms with Gasteiger partial charge in [-0.2, -0.15) is 0 Å². The Kier molecular flexibility index (Phi) is 4.58. The van der Waals surface area contributed by atoms with E-state index >= 15 is 0 Å². The van der Waals surface area contributed by atoms with Gasteiger partial charge in [0.2, 0.25) is 5.13 Å². The van der Waals surface area contributed by atoms with Gasteiger partial charge in [-0.3, -0.25) is 20.1 Å². The summed E-state index contributed by atoms with van der Waals surface area (Å²) in [6, 6.07) is 2.67. The van der Waals surface area contributed by atoms with Crippen LogP contribution in [0.3, 0.4) is 0 Å². The minimum atomic E-state index is -0.525. The van der Waals surface area contributed by atoms with Crippen molar-refractivity contribution in [2.24, 2.45) is 4.99 Å². The number of hydrogen-bond donors (Lipinski definition) is 2. The number of pyridine rings is 1. The van der Waals surface area contributed by atoms with Crippen LogP contribution in [-0.2, 0) is 4.79 Å². The number of hydrogen-bond acceptors (Lipinski definition) is 8. The summed E-state index contributed by atoms with van der Waals surface area (Å²) < 4.78 is 0. The monoisotopic (exact) mass is 349 g/mol. The van der Waals surface area contributed by atoms with Crippen LogP contribution in [0, 0.1) is 0 Å². The predicted octanol–water partition coefficient (Wildman–Crippen LogP) is 2.26. The van der Waals surface area contributed by atoms with Gasteiger partial charge in [-0.1, -0.05) is 25.2 Å². The molecule has 0 saturated heterocycles. The molecule has 0 fully saturated rings. The molecule has 120 valence electrons. The van der Waals surface area contributed by atoms with E-state index in [-0.39, 0.29) is 17.6 Å². The van der Waals surface area contributed by atoms with Crippen LogP contribution in [0.5, 0.6) is 5.75 Å². The minimum Gasteiger partial charge on any atom is -0.506 e. The largest absolute Gasteiger partial charge is 0.506 e. The molecule has 0 bridgehead atoms. The summed E-state index contributed by atoms with van der Waals surface area (Å²) in [5, 5.41) is 22.5. The lowest BCUT2D eigenvalue weighted by atomic mass is 10.2. The minimum absolute atomic E-state index is 0.0607. The summed E-state index contributed by atoms with van der Waals surface area (Å²) in [7, 11) is 0. The molecule has 2 N–H and O–H groups in total. The van der Waals surface area contributed by atoms with Gasteiger partial charge < -0.3 is 5.11 Å². The Morgan fingerprint density at radius 1 is 1.43 bits per heavy atom. The van der Waals surface area contributed by atoms with E-state index in [1.165, 1.54) is 23.1 Å². The van der Waals surface area contributed by atoms with E-state index in [0.29, 0.717) is 21.6 Å². The summed E-state index contributed by atoms with van der Waals surface area (Å²) in [5.74, 6) is 0.615. The van der Waals surface area contributed by atoms with Crippen molar-refractivity contribution in [2.45, 2.75) is 25.8 Å². The third kappa shape index (κ3) is 3.50. The number of nitrogens with one attached hydrogen (secondary N) is 1. The van der Waals surface area contributed by atoms with Gasteiger partial charge in [0.15, 0.2) is 0 Å². The molecule has 0 aliphatic carbocycles. The highest BCUT2D eigenvalue weighted by Crippen LogP contribution is 2.28. The van der Waals surface area contributed by atoms with E-state index in [2.05, 4.69) is 25.5 Å². The first-order chi connectivity index (χ1) is 11.0. The quantitative estimate of drug-likeness (QED) is 0.878. The van der Waals surface area contributed by atoms with Crippen LogP contribution in [0.2, 0.25) is 0 Å². The van der Waals surface area contributed by atoms with E-state index in [0.717, 1.165) is 5.01 Å². The van der Waals surface area contributed by atoms with Gasteiger partial charge in [-0.15, -0.1) is 22.0 Å². The molecule has 2 aromatic heterocycles. The molecule has 1 aliphatic heterocycles. The fourth-order valence-corrected chi connectivity index (χ4v) is 3.69. The van der Waals surface area contributed by atoms with E-state index in [1.54, 1.807) is 18.3 Å². The number of anilines is 1. The van der Waals surface area contributed by atoms with E-state index in [4.69, 9.17) is 0 Å². The Morgan fingerprint density at radius 3 is 2.96 bits per heavy atom. The molecule has 3 heterocycles. The number of amides is 1. The maximum atomic E-state index is 12.3. The third-order valence-electron chi connectivity index (χ3n) is 3.11. The number of carbonyl (C=O) groups is 1. The van der Waals surface area contributed by atoms with Gasteiger partial charge in [0.25, 0.3) is 5.91 Å². The first-order valence-corrected chi connectivity index (χ1v) is 8.84. The zero-order chi connectivity index (χ0) is 16.4. The molecule has 2 aromatic rings. The smallest absolute Gasteiger partial charge is 0.251 e. The molecule has 1 amide bonds. The lowest BCUT2D eigenvalue weighted by Crippen LogP contribution is -2.26. The molecule has 0 unspecified atom stereocenters. The molecule has 0 spiro atoms. The van der Waals surface area contributed by atoms with Crippen LogP contribution in [0.15, 0.2) is 23.3 Å². The number of carbonyl (C=O) groups excluding carboxylic acids is 1. The summed E-state index contributed by atoms with van der Waals surface area (Å²) in [6.45, 7) is 4.05. The van der Waals surface area contributed by atoms with E-state index in [9.17, 15) is 9.90 Å². The van der Waals surface area contributed by atoms with Gasteiger partial charge in [0.1, 0.15) is 27.5 Å². The first-order valence-electron chi connectivity index (χ1n) is 7.04. The van der Waals surface area contributed by atoms with Crippen molar-refractivity contribution in [1.82, 2.24) is 15.2 Å². The van der Waals surface area contributed by atoms with Crippen LogP contribution in [0.25, 0.3) is 0 Å². The van der Waals surface area contributed by atoms with Gasteiger partial charge in [0, 0.05) is 17.9 Å². The van der Waals surface area contributed by atoms with Gasteiger partial charge in [-0.05, 0) is 12.1 Å². The molecule has 0 saturated carbocycles. The maximum Gasteiger partial charge on any atom is 0.251 e. The Labute approximate surface area is 141 Å². The lowest BCUT2D eigenvalue weighted by Gasteiger charge is -2.04. The first kappa shape index (κ1) is 15.9. The molecule has 9 heteroatoms. The molecular weight excluding hydrogens is 334 g/mol. The third-order valence-corrected chi connectivity index (χ3v) is 5.30. The van der Waals surface area contributed by atoms with Crippen molar-refractivity contribution in [1.29, 1.82) is 0 Å². The molecule has 3 rings (SSSR count). The van der Waals surface area contributed by atoms with Crippen molar-refractivity contribution in [2.75, 3.05) is 11.1 Å². The molecule has 1 atom stereocenters. The zero-order valence-electron chi connectivity index (χ0n) is 12.6. The average Bonchev–Trinajstić information content (AvgIpc) is 3.16. The molecule has 0 aromatic carbocycles. The fourth-order valence-electron chi connectivity index (χ4n) is 1.91. The number of thioether (sulfide) groups is 1. The number of nitrogens with zero attached hydrogens (tertiary/aromatic N) is 4. The Morgan fingerprint density at radius 2 is 2.26 bits per heavy atom. The highest BCUT2D eigenvalue weighted by atomic mass is 32.2. The van der Waals surface area contributed by atoms with E-state index < -0.39 is 6.04 Å². The normalized spacial score (nSPS) is 17.3. The summed E-state index contributed by atoms with van der Waals surface area (Å²) in [6.07, 6.45) is 1.58. The van der Waals surface area contributed by atoms with Gasteiger partial charge >= 0.3 is 0 Å². The molecular formula is C14H15N5O2S2. The number of aliphatic imine (C=N–C) groups is 1. The van der Waals surface area contributed by atoms with Crippen LogP contribution in [-0.4, -0.2) is 43.0 Å². The highest BCUT2D eigenvalue weighted by molar-refractivity contribution is 8.14. The zero-order valence-corrected chi connectivity index (χ0v) is 14.2. The van der Waals surface area contributed by atoms with Gasteiger partial charge in [-0.25, -0.2) is 0 Å². The number of aromatic nitrogens is 3. The van der Waals surface area contributed by atoms with Crippen LogP contribution < -0.4 is 5.32 Å². The highest BCUT2D eigenvalue weighted by Gasteiger charge is 2.28. The fraction of sp³-hybridized carbons (Fsp3) is 0.357. The topological polar surface area (TPSA) is 100 Å². The Bertz CT molecular complexity index is 759. The van der Waals surface area contributed by atoms with Crippen LogP contribution in [0.1, 0.15) is 30.5 Å². The Balaban J connectivity index is 1.70. The second kappa shape index (κ2) is 6.63. The van der Waals surface area contributed by atoms with Crippen molar-refractivity contribution in [3.05, 3.63) is 29.0 Å².